The Kier molecular flexibility index (Phi) is 5.79. The average molecular weight is 353 g/mol. The van der Waals surface area contributed by atoms with Crippen molar-refractivity contribution in [2.24, 2.45) is 0 Å². The van der Waals surface area contributed by atoms with E-state index in [0.717, 1.165) is 16.9 Å². The van der Waals surface area contributed by atoms with Crippen molar-refractivity contribution in [3.8, 4) is 17.2 Å². The highest BCUT2D eigenvalue weighted by Gasteiger charge is 2.19. The van der Waals surface area contributed by atoms with Gasteiger partial charge in [-0.15, -0.1) is 0 Å². The quantitative estimate of drug-likeness (QED) is 0.776. The number of benzene rings is 2. The average Bonchev–Trinajstić information content (AvgIpc) is 2.65. The fourth-order valence-corrected chi connectivity index (χ4v) is 2.73. The lowest BCUT2D eigenvalue weighted by Crippen LogP contribution is -2.31. The SMILES string of the molecule is CCOc1cccc2c1OCC(C(=O)NCCOc1cccc(C)c1)=C2. The van der Waals surface area contributed by atoms with Crippen molar-refractivity contribution >= 4 is 12.0 Å². The van der Waals surface area contributed by atoms with E-state index in [1.807, 2.05) is 62.4 Å². The minimum absolute atomic E-state index is 0.148. The number of fused-ring (bicyclic) bond motifs is 1. The van der Waals surface area contributed by atoms with Gasteiger partial charge in [0.2, 0.25) is 0 Å². The first-order valence-electron chi connectivity index (χ1n) is 8.74. The van der Waals surface area contributed by atoms with Crippen LogP contribution in [0.5, 0.6) is 17.2 Å². The van der Waals surface area contributed by atoms with Crippen molar-refractivity contribution in [2.75, 3.05) is 26.4 Å². The normalized spacial score (nSPS) is 12.5. The summed E-state index contributed by atoms with van der Waals surface area (Å²) in [6, 6.07) is 13.5. The van der Waals surface area contributed by atoms with E-state index in [1.165, 1.54) is 0 Å². The molecule has 1 amide bonds. The van der Waals surface area contributed by atoms with Crippen LogP contribution in [-0.4, -0.2) is 32.3 Å². The van der Waals surface area contributed by atoms with Crippen molar-refractivity contribution in [2.45, 2.75) is 13.8 Å². The Bertz CT molecular complexity index is 813. The zero-order valence-electron chi connectivity index (χ0n) is 15.1. The molecule has 0 unspecified atom stereocenters. The molecular weight excluding hydrogens is 330 g/mol. The first-order valence-corrected chi connectivity index (χ1v) is 8.74. The van der Waals surface area contributed by atoms with Crippen LogP contribution in [0, 0.1) is 6.92 Å². The molecule has 3 rings (SSSR count). The molecule has 0 saturated carbocycles. The molecule has 2 aromatic carbocycles. The fraction of sp³-hybridized carbons (Fsp3) is 0.286. The summed E-state index contributed by atoms with van der Waals surface area (Å²) in [5.41, 5.74) is 2.58. The second-order valence-corrected chi connectivity index (χ2v) is 5.99. The number of amides is 1. The molecule has 1 aliphatic heterocycles. The number of rotatable bonds is 7. The number of nitrogens with one attached hydrogen (secondary N) is 1. The van der Waals surface area contributed by atoms with Gasteiger partial charge < -0.3 is 19.5 Å². The van der Waals surface area contributed by atoms with Crippen LogP contribution in [0.2, 0.25) is 0 Å². The highest BCUT2D eigenvalue weighted by Crippen LogP contribution is 2.35. The number of hydrogen-bond donors (Lipinski definition) is 1. The highest BCUT2D eigenvalue weighted by atomic mass is 16.5. The molecule has 2 aromatic rings. The van der Waals surface area contributed by atoms with Gasteiger partial charge in [-0.25, -0.2) is 0 Å². The molecule has 0 aromatic heterocycles. The molecule has 0 aliphatic carbocycles. The van der Waals surface area contributed by atoms with Crippen molar-refractivity contribution in [3.05, 3.63) is 59.2 Å². The summed E-state index contributed by atoms with van der Waals surface area (Å²) in [5.74, 6) is 2.04. The van der Waals surface area contributed by atoms with E-state index in [9.17, 15) is 4.79 Å². The molecule has 26 heavy (non-hydrogen) atoms. The van der Waals surface area contributed by atoms with Crippen LogP contribution in [-0.2, 0) is 4.79 Å². The van der Waals surface area contributed by atoms with E-state index in [0.29, 0.717) is 36.8 Å². The standard InChI is InChI=1S/C21H23NO4/c1-3-24-19-9-5-7-16-13-17(14-26-20(16)19)21(23)22-10-11-25-18-8-4-6-15(2)12-18/h4-9,12-13H,3,10-11,14H2,1-2H3,(H,22,23). The summed E-state index contributed by atoms with van der Waals surface area (Å²) in [7, 11) is 0. The second-order valence-electron chi connectivity index (χ2n) is 5.99. The third-order valence-electron chi connectivity index (χ3n) is 3.95. The van der Waals surface area contributed by atoms with Gasteiger partial charge in [-0.05, 0) is 43.7 Å². The maximum Gasteiger partial charge on any atom is 0.250 e. The second kappa shape index (κ2) is 8.43. The summed E-state index contributed by atoms with van der Waals surface area (Å²) in [4.78, 5) is 12.3. The summed E-state index contributed by atoms with van der Waals surface area (Å²) in [6.45, 7) is 5.57. The van der Waals surface area contributed by atoms with Gasteiger partial charge in [-0.1, -0.05) is 24.3 Å². The monoisotopic (exact) mass is 353 g/mol. The first kappa shape index (κ1) is 17.9. The zero-order chi connectivity index (χ0) is 18.4. The van der Waals surface area contributed by atoms with Crippen LogP contribution in [0.15, 0.2) is 48.0 Å². The summed E-state index contributed by atoms with van der Waals surface area (Å²) >= 11 is 0. The minimum atomic E-state index is -0.148. The van der Waals surface area contributed by atoms with E-state index in [1.54, 1.807) is 0 Å². The van der Waals surface area contributed by atoms with Crippen LogP contribution in [0.4, 0.5) is 0 Å². The Morgan fingerprint density at radius 3 is 2.85 bits per heavy atom. The molecule has 0 saturated heterocycles. The Balaban J connectivity index is 1.54. The molecule has 0 bridgehead atoms. The van der Waals surface area contributed by atoms with Crippen LogP contribution >= 0.6 is 0 Å². The molecule has 0 radical (unpaired) electrons. The van der Waals surface area contributed by atoms with E-state index < -0.39 is 0 Å². The molecular formula is C21H23NO4. The minimum Gasteiger partial charge on any atom is -0.492 e. The summed E-state index contributed by atoms with van der Waals surface area (Å²) in [5, 5.41) is 2.86. The number of carbonyl (C=O) groups excluding carboxylic acids is 1. The Morgan fingerprint density at radius 2 is 2.04 bits per heavy atom. The maximum atomic E-state index is 12.3. The van der Waals surface area contributed by atoms with E-state index in [4.69, 9.17) is 14.2 Å². The molecule has 1 heterocycles. The van der Waals surface area contributed by atoms with Gasteiger partial charge in [0.1, 0.15) is 19.0 Å². The lowest BCUT2D eigenvalue weighted by atomic mass is 10.1. The largest absolute Gasteiger partial charge is 0.492 e. The molecule has 1 N–H and O–H groups in total. The van der Waals surface area contributed by atoms with Crippen molar-refractivity contribution < 1.29 is 19.0 Å². The topological polar surface area (TPSA) is 56.8 Å². The molecule has 5 nitrogen and oxygen atoms in total. The number of para-hydroxylation sites is 1. The van der Waals surface area contributed by atoms with Gasteiger partial charge in [0, 0.05) is 5.56 Å². The Hall–Kier alpha value is -2.95. The molecule has 0 atom stereocenters. The first-order chi connectivity index (χ1) is 12.7. The predicted octanol–water partition coefficient (Wildman–Crippen LogP) is 3.36. The molecule has 0 fully saturated rings. The van der Waals surface area contributed by atoms with Crippen LogP contribution in [0.25, 0.3) is 6.08 Å². The third-order valence-corrected chi connectivity index (χ3v) is 3.95. The zero-order valence-corrected chi connectivity index (χ0v) is 15.1. The summed E-state index contributed by atoms with van der Waals surface area (Å²) < 4.78 is 16.9. The Labute approximate surface area is 153 Å². The van der Waals surface area contributed by atoms with E-state index in [2.05, 4.69) is 5.32 Å². The summed E-state index contributed by atoms with van der Waals surface area (Å²) in [6.07, 6.45) is 1.85. The Morgan fingerprint density at radius 1 is 1.19 bits per heavy atom. The predicted molar refractivity (Wildman–Crippen MR) is 101 cm³/mol. The number of hydrogen-bond acceptors (Lipinski definition) is 4. The van der Waals surface area contributed by atoms with Crippen molar-refractivity contribution in [1.29, 1.82) is 0 Å². The molecule has 1 aliphatic rings. The molecule has 5 heteroatoms. The van der Waals surface area contributed by atoms with Crippen LogP contribution in [0.3, 0.4) is 0 Å². The lowest BCUT2D eigenvalue weighted by Gasteiger charge is -2.20. The van der Waals surface area contributed by atoms with Gasteiger partial charge in [0.25, 0.3) is 5.91 Å². The van der Waals surface area contributed by atoms with Crippen molar-refractivity contribution in [3.63, 3.8) is 0 Å². The van der Waals surface area contributed by atoms with Gasteiger partial charge in [0.15, 0.2) is 11.5 Å². The van der Waals surface area contributed by atoms with Gasteiger partial charge >= 0.3 is 0 Å². The van der Waals surface area contributed by atoms with Crippen LogP contribution in [0.1, 0.15) is 18.1 Å². The number of aryl methyl sites for hydroxylation is 1. The van der Waals surface area contributed by atoms with Crippen molar-refractivity contribution in [1.82, 2.24) is 5.32 Å². The molecule has 136 valence electrons. The van der Waals surface area contributed by atoms with E-state index >= 15 is 0 Å². The number of ether oxygens (including phenoxy) is 3. The maximum absolute atomic E-state index is 12.3. The lowest BCUT2D eigenvalue weighted by molar-refractivity contribution is -0.117. The van der Waals surface area contributed by atoms with Gasteiger partial charge in [-0.2, -0.15) is 0 Å². The van der Waals surface area contributed by atoms with Gasteiger partial charge in [0.05, 0.1) is 18.7 Å². The van der Waals surface area contributed by atoms with E-state index in [-0.39, 0.29) is 12.5 Å². The third kappa shape index (κ3) is 4.36. The number of carbonyl (C=O) groups is 1. The van der Waals surface area contributed by atoms with Gasteiger partial charge in [-0.3, -0.25) is 4.79 Å². The molecule has 0 spiro atoms. The fourth-order valence-electron chi connectivity index (χ4n) is 2.73. The van der Waals surface area contributed by atoms with Crippen LogP contribution < -0.4 is 19.5 Å². The smallest absolute Gasteiger partial charge is 0.250 e. The highest BCUT2D eigenvalue weighted by molar-refractivity contribution is 5.99.